The van der Waals surface area contributed by atoms with Crippen LogP contribution in [0.1, 0.15) is 17.6 Å². The standard InChI is InChI=1S/C8H3F7/c9-4-2-1-3(8(13,14)15)5(6(4)10)7(11)12/h1-2,7H. The van der Waals surface area contributed by atoms with Crippen molar-refractivity contribution >= 4 is 0 Å². The van der Waals surface area contributed by atoms with Crippen LogP contribution < -0.4 is 0 Å². The molecular weight excluding hydrogens is 229 g/mol. The second kappa shape index (κ2) is 3.71. The molecule has 84 valence electrons. The summed E-state index contributed by atoms with van der Waals surface area (Å²) < 4.78 is 85.6. The van der Waals surface area contributed by atoms with Crippen LogP contribution in [0.2, 0.25) is 0 Å². The third-order valence-electron chi connectivity index (χ3n) is 1.66. The maximum Gasteiger partial charge on any atom is 0.416 e. The van der Waals surface area contributed by atoms with Crippen LogP contribution in [0.3, 0.4) is 0 Å². The van der Waals surface area contributed by atoms with E-state index in [4.69, 9.17) is 0 Å². The van der Waals surface area contributed by atoms with Gasteiger partial charge in [-0.2, -0.15) is 13.2 Å². The van der Waals surface area contributed by atoms with Crippen molar-refractivity contribution in [2.24, 2.45) is 0 Å². The molecule has 1 aromatic rings. The fourth-order valence-electron chi connectivity index (χ4n) is 1.03. The van der Waals surface area contributed by atoms with Gasteiger partial charge in [-0.05, 0) is 12.1 Å². The van der Waals surface area contributed by atoms with Crippen LogP contribution >= 0.6 is 0 Å². The van der Waals surface area contributed by atoms with Crippen molar-refractivity contribution in [3.8, 4) is 0 Å². The summed E-state index contributed by atoms with van der Waals surface area (Å²) in [5.41, 5.74) is -3.82. The van der Waals surface area contributed by atoms with Crippen molar-refractivity contribution in [2.75, 3.05) is 0 Å². The van der Waals surface area contributed by atoms with Gasteiger partial charge in [0.2, 0.25) is 0 Å². The highest BCUT2D eigenvalue weighted by Crippen LogP contribution is 2.38. The van der Waals surface area contributed by atoms with Gasteiger partial charge in [-0.1, -0.05) is 0 Å². The van der Waals surface area contributed by atoms with Crippen LogP contribution in [0, 0.1) is 11.6 Å². The Morgan fingerprint density at radius 3 is 1.93 bits per heavy atom. The molecule has 0 fully saturated rings. The molecule has 0 aliphatic carbocycles. The Balaban J connectivity index is 3.47. The summed E-state index contributed by atoms with van der Waals surface area (Å²) in [6.45, 7) is 0. The fraction of sp³-hybridized carbons (Fsp3) is 0.250. The normalized spacial score (nSPS) is 12.3. The molecule has 0 aliphatic rings. The van der Waals surface area contributed by atoms with E-state index in [1.54, 1.807) is 0 Å². The Morgan fingerprint density at radius 1 is 1.00 bits per heavy atom. The lowest BCUT2D eigenvalue weighted by Crippen LogP contribution is -2.12. The van der Waals surface area contributed by atoms with E-state index >= 15 is 0 Å². The zero-order valence-corrected chi connectivity index (χ0v) is 6.88. The Morgan fingerprint density at radius 2 is 1.53 bits per heavy atom. The van der Waals surface area contributed by atoms with E-state index in [0.29, 0.717) is 0 Å². The summed E-state index contributed by atoms with van der Waals surface area (Å²) in [6.07, 6.45) is -8.86. The molecular formula is C8H3F7. The van der Waals surface area contributed by atoms with E-state index in [2.05, 4.69) is 0 Å². The maximum absolute atomic E-state index is 12.7. The molecule has 7 heteroatoms. The molecule has 0 heterocycles. The maximum atomic E-state index is 12.7. The first kappa shape index (κ1) is 11.8. The van der Waals surface area contributed by atoms with Gasteiger partial charge >= 0.3 is 6.18 Å². The molecule has 0 bridgehead atoms. The van der Waals surface area contributed by atoms with E-state index in [-0.39, 0.29) is 12.1 Å². The van der Waals surface area contributed by atoms with E-state index in [1.165, 1.54) is 0 Å². The highest BCUT2D eigenvalue weighted by Gasteiger charge is 2.38. The lowest BCUT2D eigenvalue weighted by Gasteiger charge is -2.12. The number of alkyl halides is 5. The number of hydrogen-bond donors (Lipinski definition) is 0. The van der Waals surface area contributed by atoms with Gasteiger partial charge in [0.15, 0.2) is 11.6 Å². The predicted octanol–water partition coefficient (Wildman–Crippen LogP) is 3.92. The topological polar surface area (TPSA) is 0 Å². The van der Waals surface area contributed by atoms with Crippen LogP contribution in [0.4, 0.5) is 30.7 Å². The number of hydrogen-bond acceptors (Lipinski definition) is 0. The van der Waals surface area contributed by atoms with Crippen LogP contribution in [-0.4, -0.2) is 0 Å². The quantitative estimate of drug-likeness (QED) is 0.643. The molecule has 0 nitrogen and oxygen atoms in total. The van der Waals surface area contributed by atoms with Crippen molar-refractivity contribution in [3.05, 3.63) is 34.9 Å². The molecule has 0 aliphatic heterocycles. The fourth-order valence-corrected chi connectivity index (χ4v) is 1.03. The zero-order chi connectivity index (χ0) is 11.8. The van der Waals surface area contributed by atoms with E-state index < -0.39 is 35.4 Å². The number of rotatable bonds is 1. The largest absolute Gasteiger partial charge is 0.416 e. The average Bonchev–Trinajstić information content (AvgIpc) is 2.06. The molecule has 1 rings (SSSR count). The minimum Gasteiger partial charge on any atom is -0.205 e. The Bertz CT molecular complexity index is 366. The second-order valence-electron chi connectivity index (χ2n) is 2.62. The molecule has 0 spiro atoms. The summed E-state index contributed by atoms with van der Waals surface area (Å²) >= 11 is 0. The van der Waals surface area contributed by atoms with Crippen molar-refractivity contribution in [2.45, 2.75) is 12.6 Å². The van der Waals surface area contributed by atoms with E-state index in [1.807, 2.05) is 0 Å². The summed E-state index contributed by atoms with van der Waals surface area (Å²) in [6, 6.07) is 0.240. The molecule has 1 aromatic carbocycles. The molecule has 0 amide bonds. The first-order valence-corrected chi connectivity index (χ1v) is 3.58. The van der Waals surface area contributed by atoms with Gasteiger partial charge in [0, 0.05) is 0 Å². The predicted molar refractivity (Wildman–Crippen MR) is 36.3 cm³/mol. The first-order chi connectivity index (χ1) is 6.75. The van der Waals surface area contributed by atoms with Crippen LogP contribution in [-0.2, 0) is 6.18 Å². The van der Waals surface area contributed by atoms with Crippen molar-refractivity contribution < 1.29 is 30.7 Å². The lowest BCUT2D eigenvalue weighted by molar-refractivity contribution is -0.139. The van der Waals surface area contributed by atoms with Crippen LogP contribution in [0.25, 0.3) is 0 Å². The van der Waals surface area contributed by atoms with E-state index in [9.17, 15) is 30.7 Å². The van der Waals surface area contributed by atoms with Crippen molar-refractivity contribution in [1.29, 1.82) is 0 Å². The summed E-state index contributed by atoms with van der Waals surface area (Å²) in [5.74, 6) is -3.90. The lowest BCUT2D eigenvalue weighted by atomic mass is 10.1. The minimum atomic E-state index is -5.14. The highest BCUT2D eigenvalue weighted by atomic mass is 19.4. The van der Waals surface area contributed by atoms with E-state index in [0.717, 1.165) is 0 Å². The smallest absolute Gasteiger partial charge is 0.205 e. The third-order valence-corrected chi connectivity index (χ3v) is 1.66. The van der Waals surface area contributed by atoms with Gasteiger partial charge in [0.25, 0.3) is 6.43 Å². The Labute approximate surface area is 79.3 Å². The molecule has 15 heavy (non-hydrogen) atoms. The first-order valence-electron chi connectivity index (χ1n) is 3.58. The molecule has 0 saturated heterocycles. The van der Waals surface area contributed by atoms with Gasteiger partial charge in [-0.15, -0.1) is 0 Å². The number of benzene rings is 1. The molecule has 0 N–H and O–H groups in total. The second-order valence-corrected chi connectivity index (χ2v) is 2.62. The van der Waals surface area contributed by atoms with Gasteiger partial charge in [0.1, 0.15) is 0 Å². The van der Waals surface area contributed by atoms with Gasteiger partial charge in [-0.3, -0.25) is 0 Å². The van der Waals surface area contributed by atoms with Gasteiger partial charge in [0.05, 0.1) is 11.1 Å². The monoisotopic (exact) mass is 232 g/mol. The highest BCUT2D eigenvalue weighted by molar-refractivity contribution is 5.32. The molecule has 0 aromatic heterocycles. The summed E-state index contributed by atoms with van der Waals surface area (Å²) in [7, 11) is 0. The molecule has 0 saturated carbocycles. The zero-order valence-electron chi connectivity index (χ0n) is 6.88. The molecule has 0 atom stereocenters. The SMILES string of the molecule is Fc1ccc(C(F)(F)F)c(C(F)F)c1F. The molecule has 0 radical (unpaired) electrons. The summed E-state index contributed by atoms with van der Waals surface area (Å²) in [5, 5.41) is 0. The minimum absolute atomic E-state index is 0.0832. The Kier molecular flexibility index (Phi) is 2.92. The average molecular weight is 232 g/mol. The van der Waals surface area contributed by atoms with Crippen LogP contribution in [0.5, 0.6) is 0 Å². The number of halogens is 7. The van der Waals surface area contributed by atoms with Crippen molar-refractivity contribution in [1.82, 2.24) is 0 Å². The third kappa shape index (κ3) is 2.21. The van der Waals surface area contributed by atoms with Gasteiger partial charge in [-0.25, -0.2) is 17.6 Å². The summed E-state index contributed by atoms with van der Waals surface area (Å²) in [4.78, 5) is 0. The molecule has 0 unspecified atom stereocenters. The van der Waals surface area contributed by atoms with Crippen LogP contribution in [0.15, 0.2) is 12.1 Å². The van der Waals surface area contributed by atoms with Gasteiger partial charge < -0.3 is 0 Å². The Hall–Kier alpha value is -1.27. The van der Waals surface area contributed by atoms with Crippen molar-refractivity contribution in [3.63, 3.8) is 0 Å².